The molecule has 0 radical (unpaired) electrons. The van der Waals surface area contributed by atoms with Crippen LogP contribution in [-0.4, -0.2) is 41.4 Å². The first-order valence-electron chi connectivity index (χ1n) is 7.96. The van der Waals surface area contributed by atoms with Crippen LogP contribution in [0.2, 0.25) is 0 Å². The third-order valence-electron chi connectivity index (χ3n) is 3.41. The SMILES string of the molecule is O=C(O)C[C@H](NOC(=O)c1ccccc1)C(=O)OCC(=O)c1ccccc1. The lowest BCUT2D eigenvalue weighted by atomic mass is 10.1. The second-order valence-electron chi connectivity index (χ2n) is 5.42. The number of carboxylic acids is 1. The molecule has 140 valence electrons. The number of Topliss-reactive ketones (excluding diaryl/α,β-unsaturated/α-hetero) is 1. The Morgan fingerprint density at radius 2 is 1.44 bits per heavy atom. The van der Waals surface area contributed by atoms with Gasteiger partial charge >= 0.3 is 17.9 Å². The number of hydrogen-bond donors (Lipinski definition) is 2. The molecule has 27 heavy (non-hydrogen) atoms. The van der Waals surface area contributed by atoms with E-state index in [2.05, 4.69) is 5.48 Å². The summed E-state index contributed by atoms with van der Waals surface area (Å²) >= 11 is 0. The summed E-state index contributed by atoms with van der Waals surface area (Å²) < 4.78 is 4.85. The Balaban J connectivity index is 1.92. The van der Waals surface area contributed by atoms with E-state index < -0.39 is 42.8 Å². The summed E-state index contributed by atoms with van der Waals surface area (Å²) in [5.74, 6) is -3.57. The lowest BCUT2D eigenvalue weighted by Gasteiger charge is -2.15. The standard InChI is InChI=1S/C19H17NO7/c21-16(13-7-3-1-4-8-13)12-26-19(25)15(11-17(22)23)20-27-18(24)14-9-5-2-6-10-14/h1-10,15,20H,11-12H2,(H,22,23)/t15-/m0/s1. The molecular weight excluding hydrogens is 354 g/mol. The normalized spacial score (nSPS) is 11.3. The largest absolute Gasteiger partial charge is 0.481 e. The predicted molar refractivity (Wildman–Crippen MR) is 92.8 cm³/mol. The van der Waals surface area contributed by atoms with E-state index in [4.69, 9.17) is 14.7 Å². The van der Waals surface area contributed by atoms with Crippen molar-refractivity contribution in [1.29, 1.82) is 0 Å². The number of carbonyl (C=O) groups excluding carboxylic acids is 3. The molecular formula is C19H17NO7. The van der Waals surface area contributed by atoms with Crippen LogP contribution >= 0.6 is 0 Å². The van der Waals surface area contributed by atoms with E-state index in [1.165, 1.54) is 12.1 Å². The van der Waals surface area contributed by atoms with Crippen molar-refractivity contribution in [3.05, 3.63) is 71.8 Å². The van der Waals surface area contributed by atoms with Gasteiger partial charge in [0.1, 0.15) is 0 Å². The van der Waals surface area contributed by atoms with Crippen LogP contribution in [0.3, 0.4) is 0 Å². The molecule has 1 atom stereocenters. The fraction of sp³-hybridized carbons (Fsp3) is 0.158. The summed E-state index contributed by atoms with van der Waals surface area (Å²) in [7, 11) is 0. The highest BCUT2D eigenvalue weighted by atomic mass is 16.7. The van der Waals surface area contributed by atoms with Gasteiger partial charge in [0.2, 0.25) is 0 Å². The van der Waals surface area contributed by atoms with Gasteiger partial charge < -0.3 is 14.7 Å². The van der Waals surface area contributed by atoms with Gasteiger partial charge in [-0.05, 0) is 12.1 Å². The molecule has 0 fully saturated rings. The molecule has 0 aliphatic heterocycles. The zero-order valence-corrected chi connectivity index (χ0v) is 14.2. The average molecular weight is 371 g/mol. The van der Waals surface area contributed by atoms with Crippen LogP contribution in [0, 0.1) is 0 Å². The van der Waals surface area contributed by atoms with Crippen LogP contribution in [0.25, 0.3) is 0 Å². The van der Waals surface area contributed by atoms with Crippen LogP contribution in [0.15, 0.2) is 60.7 Å². The first-order chi connectivity index (χ1) is 13.0. The van der Waals surface area contributed by atoms with Crippen molar-refractivity contribution < 1.29 is 33.9 Å². The number of rotatable bonds is 9. The molecule has 0 heterocycles. The number of hydroxylamine groups is 1. The molecule has 0 unspecified atom stereocenters. The zero-order chi connectivity index (χ0) is 19.6. The minimum absolute atomic E-state index is 0.215. The summed E-state index contributed by atoms with van der Waals surface area (Å²) in [6.07, 6.45) is -0.694. The summed E-state index contributed by atoms with van der Waals surface area (Å²) in [4.78, 5) is 51.6. The molecule has 8 heteroatoms. The Labute approximate surface area is 154 Å². The number of esters is 1. The molecule has 2 rings (SSSR count). The van der Waals surface area contributed by atoms with E-state index in [1.807, 2.05) is 0 Å². The number of aliphatic carboxylic acids is 1. The van der Waals surface area contributed by atoms with Crippen molar-refractivity contribution in [2.75, 3.05) is 6.61 Å². The van der Waals surface area contributed by atoms with Gasteiger partial charge in [0.25, 0.3) is 0 Å². The number of carboxylic acid groups (broad SMARTS) is 1. The Morgan fingerprint density at radius 1 is 0.889 bits per heavy atom. The highest BCUT2D eigenvalue weighted by Gasteiger charge is 2.26. The van der Waals surface area contributed by atoms with E-state index in [9.17, 15) is 19.2 Å². The molecule has 0 aliphatic rings. The second-order valence-corrected chi connectivity index (χ2v) is 5.42. The molecule has 0 bridgehead atoms. The molecule has 0 saturated heterocycles. The van der Waals surface area contributed by atoms with Crippen molar-refractivity contribution in [3.8, 4) is 0 Å². The summed E-state index contributed by atoms with van der Waals surface area (Å²) in [5.41, 5.74) is 2.66. The number of benzene rings is 2. The number of nitrogens with one attached hydrogen (secondary N) is 1. The summed E-state index contributed by atoms with van der Waals surface area (Å²) in [5, 5.41) is 8.92. The molecule has 0 amide bonds. The molecule has 2 aromatic rings. The number of ketones is 1. The van der Waals surface area contributed by atoms with E-state index in [-0.39, 0.29) is 5.56 Å². The van der Waals surface area contributed by atoms with E-state index in [0.717, 1.165) is 0 Å². The third kappa shape index (κ3) is 6.37. The average Bonchev–Trinajstić information content (AvgIpc) is 2.69. The lowest BCUT2D eigenvalue weighted by molar-refractivity contribution is -0.152. The molecule has 0 aromatic heterocycles. The smallest absolute Gasteiger partial charge is 0.356 e. The maximum absolute atomic E-state index is 12.1. The van der Waals surface area contributed by atoms with Gasteiger partial charge in [0, 0.05) is 5.56 Å². The Morgan fingerprint density at radius 3 is 2.00 bits per heavy atom. The van der Waals surface area contributed by atoms with Crippen LogP contribution in [-0.2, 0) is 19.2 Å². The monoisotopic (exact) mass is 371 g/mol. The predicted octanol–water partition coefficient (Wildman–Crippen LogP) is 1.62. The van der Waals surface area contributed by atoms with Gasteiger partial charge in [-0.15, -0.1) is 5.48 Å². The fourth-order valence-corrected chi connectivity index (χ4v) is 2.05. The van der Waals surface area contributed by atoms with Gasteiger partial charge in [-0.25, -0.2) is 4.79 Å². The Bertz CT molecular complexity index is 805. The van der Waals surface area contributed by atoms with E-state index in [0.29, 0.717) is 5.56 Å². The second kappa shape index (κ2) is 9.83. The minimum Gasteiger partial charge on any atom is -0.481 e. The molecule has 2 N–H and O–H groups in total. The third-order valence-corrected chi connectivity index (χ3v) is 3.41. The minimum atomic E-state index is -1.46. The van der Waals surface area contributed by atoms with Crippen molar-refractivity contribution in [2.24, 2.45) is 0 Å². The Hall–Kier alpha value is -3.52. The van der Waals surface area contributed by atoms with Crippen LogP contribution in [0.1, 0.15) is 27.1 Å². The fourth-order valence-electron chi connectivity index (χ4n) is 2.05. The maximum Gasteiger partial charge on any atom is 0.356 e. The summed E-state index contributed by atoms with van der Waals surface area (Å²) in [6, 6.07) is 14.6. The van der Waals surface area contributed by atoms with Gasteiger partial charge in [0.05, 0.1) is 12.0 Å². The van der Waals surface area contributed by atoms with Crippen molar-refractivity contribution in [2.45, 2.75) is 12.5 Å². The highest BCUT2D eigenvalue weighted by Crippen LogP contribution is 2.04. The first-order valence-corrected chi connectivity index (χ1v) is 7.96. The summed E-state index contributed by atoms with van der Waals surface area (Å²) in [6.45, 7) is -0.562. The number of carbonyl (C=O) groups is 4. The van der Waals surface area contributed by atoms with Crippen molar-refractivity contribution >= 4 is 23.7 Å². The molecule has 0 aliphatic carbocycles. The maximum atomic E-state index is 12.1. The first kappa shape index (κ1) is 19.8. The van der Waals surface area contributed by atoms with Crippen molar-refractivity contribution in [1.82, 2.24) is 5.48 Å². The zero-order valence-electron chi connectivity index (χ0n) is 14.2. The van der Waals surface area contributed by atoms with Gasteiger partial charge in [0.15, 0.2) is 18.4 Å². The lowest BCUT2D eigenvalue weighted by Crippen LogP contribution is -2.41. The van der Waals surface area contributed by atoms with Crippen LogP contribution in [0.4, 0.5) is 0 Å². The van der Waals surface area contributed by atoms with Crippen LogP contribution in [0.5, 0.6) is 0 Å². The quantitative estimate of drug-likeness (QED) is 0.388. The Kier molecular flexibility index (Phi) is 7.21. The topological polar surface area (TPSA) is 119 Å². The number of hydrogen-bond acceptors (Lipinski definition) is 7. The molecule has 2 aromatic carbocycles. The molecule has 0 spiro atoms. The van der Waals surface area contributed by atoms with E-state index in [1.54, 1.807) is 48.5 Å². The van der Waals surface area contributed by atoms with Gasteiger partial charge in [-0.3, -0.25) is 14.4 Å². The van der Waals surface area contributed by atoms with Gasteiger partial charge in [-0.2, -0.15) is 0 Å². The highest BCUT2D eigenvalue weighted by molar-refractivity contribution is 5.98. The number of ether oxygens (including phenoxy) is 1. The van der Waals surface area contributed by atoms with E-state index >= 15 is 0 Å². The van der Waals surface area contributed by atoms with Crippen LogP contribution < -0.4 is 5.48 Å². The van der Waals surface area contributed by atoms with Gasteiger partial charge in [-0.1, -0.05) is 48.5 Å². The molecule has 0 saturated carbocycles. The molecule has 8 nitrogen and oxygen atoms in total. The van der Waals surface area contributed by atoms with Crippen molar-refractivity contribution in [3.63, 3.8) is 0 Å².